The standard InChI is InChI=1S/C27H29ClN2S/c1-3-30(4-2)19-18-23-26(20-10-6-5-7-11-20)29-24-12-8-9-13-25(24)31-27(23)21-14-16-22(28)17-15-21/h5-17,23,27H,3-4,18-19H2,1-2H3. The highest BCUT2D eigenvalue weighted by Crippen LogP contribution is 2.49. The lowest BCUT2D eigenvalue weighted by molar-refractivity contribution is 0.288. The topological polar surface area (TPSA) is 15.6 Å². The molecule has 1 heterocycles. The average molecular weight is 449 g/mol. The van der Waals surface area contributed by atoms with Gasteiger partial charge in [-0.25, -0.2) is 0 Å². The SMILES string of the molecule is CCN(CC)CCC1C(c2ccccc2)=Nc2ccccc2SC1c1ccc(Cl)cc1. The van der Waals surface area contributed by atoms with Gasteiger partial charge in [0.2, 0.25) is 0 Å². The third-order valence-electron chi connectivity index (χ3n) is 6.00. The van der Waals surface area contributed by atoms with E-state index >= 15 is 0 Å². The van der Waals surface area contributed by atoms with Crippen molar-refractivity contribution in [3.8, 4) is 0 Å². The molecule has 0 amide bonds. The van der Waals surface area contributed by atoms with E-state index in [1.165, 1.54) is 21.7 Å². The molecule has 4 rings (SSSR count). The smallest absolute Gasteiger partial charge is 0.0769 e. The first kappa shape index (κ1) is 22.1. The van der Waals surface area contributed by atoms with E-state index in [1.54, 1.807) is 0 Å². The molecule has 0 radical (unpaired) electrons. The number of hydrogen-bond donors (Lipinski definition) is 0. The zero-order chi connectivity index (χ0) is 21.6. The first-order valence-corrected chi connectivity index (χ1v) is 12.3. The molecule has 3 aromatic rings. The van der Waals surface area contributed by atoms with Crippen LogP contribution in [0.2, 0.25) is 5.02 Å². The summed E-state index contributed by atoms with van der Waals surface area (Å²) >= 11 is 8.16. The van der Waals surface area contributed by atoms with Crippen molar-refractivity contribution in [2.45, 2.75) is 30.4 Å². The Morgan fingerprint density at radius 2 is 1.55 bits per heavy atom. The van der Waals surface area contributed by atoms with Gasteiger partial charge in [-0.2, -0.15) is 0 Å². The highest BCUT2D eigenvalue weighted by atomic mass is 35.5. The summed E-state index contributed by atoms with van der Waals surface area (Å²) < 4.78 is 0. The molecule has 0 saturated heterocycles. The van der Waals surface area contributed by atoms with E-state index in [4.69, 9.17) is 16.6 Å². The lowest BCUT2D eigenvalue weighted by atomic mass is 9.87. The predicted molar refractivity (Wildman–Crippen MR) is 135 cm³/mol. The molecule has 2 atom stereocenters. The molecule has 2 nitrogen and oxygen atoms in total. The number of hydrogen-bond acceptors (Lipinski definition) is 3. The number of para-hydroxylation sites is 1. The van der Waals surface area contributed by atoms with Crippen LogP contribution < -0.4 is 0 Å². The van der Waals surface area contributed by atoms with Gasteiger partial charge in [0, 0.05) is 21.1 Å². The normalized spacial score (nSPS) is 18.4. The molecule has 3 aromatic carbocycles. The zero-order valence-corrected chi connectivity index (χ0v) is 19.7. The van der Waals surface area contributed by atoms with Crippen LogP contribution in [0.25, 0.3) is 0 Å². The minimum Gasteiger partial charge on any atom is -0.304 e. The third kappa shape index (κ3) is 5.23. The first-order chi connectivity index (χ1) is 15.2. The van der Waals surface area contributed by atoms with Crippen molar-refractivity contribution < 1.29 is 0 Å². The molecule has 1 aliphatic heterocycles. The Morgan fingerprint density at radius 1 is 0.871 bits per heavy atom. The van der Waals surface area contributed by atoms with Crippen molar-refractivity contribution in [3.05, 3.63) is 95.0 Å². The average Bonchev–Trinajstić information content (AvgIpc) is 2.98. The Bertz CT molecular complexity index is 1010. The molecule has 0 aromatic heterocycles. The van der Waals surface area contributed by atoms with E-state index in [-0.39, 0.29) is 5.25 Å². The summed E-state index contributed by atoms with van der Waals surface area (Å²) in [4.78, 5) is 9.01. The van der Waals surface area contributed by atoms with Crippen molar-refractivity contribution in [2.24, 2.45) is 10.9 Å². The van der Waals surface area contributed by atoms with E-state index < -0.39 is 0 Å². The molecule has 0 saturated carbocycles. The Hall–Kier alpha value is -2.07. The third-order valence-corrected chi connectivity index (χ3v) is 7.70. The number of rotatable bonds is 7. The van der Waals surface area contributed by atoms with E-state index in [1.807, 2.05) is 23.9 Å². The van der Waals surface area contributed by atoms with Gasteiger partial charge in [0.15, 0.2) is 0 Å². The van der Waals surface area contributed by atoms with Gasteiger partial charge in [0.25, 0.3) is 0 Å². The van der Waals surface area contributed by atoms with Crippen LogP contribution in [-0.2, 0) is 0 Å². The number of halogens is 1. The minimum absolute atomic E-state index is 0.274. The minimum atomic E-state index is 0.274. The van der Waals surface area contributed by atoms with E-state index in [9.17, 15) is 0 Å². The van der Waals surface area contributed by atoms with Crippen LogP contribution in [0, 0.1) is 5.92 Å². The van der Waals surface area contributed by atoms with Crippen LogP contribution in [0.5, 0.6) is 0 Å². The molecule has 0 aliphatic carbocycles. The van der Waals surface area contributed by atoms with E-state index in [0.29, 0.717) is 5.92 Å². The fourth-order valence-electron chi connectivity index (χ4n) is 4.21. The summed E-state index contributed by atoms with van der Waals surface area (Å²) in [6, 6.07) is 27.6. The Balaban J connectivity index is 1.83. The summed E-state index contributed by atoms with van der Waals surface area (Å²) in [6.45, 7) is 7.68. The molecule has 0 bridgehead atoms. The lowest BCUT2D eigenvalue weighted by Crippen LogP contribution is -2.30. The summed E-state index contributed by atoms with van der Waals surface area (Å²) in [7, 11) is 0. The van der Waals surface area contributed by atoms with Crippen molar-refractivity contribution in [3.63, 3.8) is 0 Å². The number of aliphatic imine (C=N–C) groups is 1. The largest absolute Gasteiger partial charge is 0.304 e. The Morgan fingerprint density at radius 3 is 2.26 bits per heavy atom. The monoisotopic (exact) mass is 448 g/mol. The number of fused-ring (bicyclic) bond motifs is 1. The van der Waals surface area contributed by atoms with Gasteiger partial charge in [-0.15, -0.1) is 11.8 Å². The van der Waals surface area contributed by atoms with Crippen molar-refractivity contribution in [2.75, 3.05) is 19.6 Å². The second-order valence-electron chi connectivity index (χ2n) is 7.84. The second kappa shape index (κ2) is 10.5. The number of thioether (sulfide) groups is 1. The van der Waals surface area contributed by atoms with Crippen molar-refractivity contribution in [1.29, 1.82) is 0 Å². The quantitative estimate of drug-likeness (QED) is 0.368. The van der Waals surface area contributed by atoms with E-state index in [0.717, 1.165) is 36.8 Å². The fraction of sp³-hybridized carbons (Fsp3) is 0.296. The summed E-state index contributed by atoms with van der Waals surface area (Å²) in [5, 5.41) is 1.05. The molecule has 31 heavy (non-hydrogen) atoms. The van der Waals surface area contributed by atoms with Gasteiger partial charge in [-0.3, -0.25) is 4.99 Å². The first-order valence-electron chi connectivity index (χ1n) is 11.1. The van der Waals surface area contributed by atoms with Crippen LogP contribution >= 0.6 is 23.4 Å². The summed E-state index contributed by atoms with van der Waals surface area (Å²) in [5.41, 5.74) is 4.77. The maximum absolute atomic E-state index is 6.23. The highest BCUT2D eigenvalue weighted by molar-refractivity contribution is 7.99. The molecule has 160 valence electrons. The van der Waals surface area contributed by atoms with Gasteiger partial charge >= 0.3 is 0 Å². The van der Waals surface area contributed by atoms with Gasteiger partial charge in [-0.1, -0.05) is 80.0 Å². The van der Waals surface area contributed by atoms with Gasteiger partial charge in [-0.05, 0) is 61.4 Å². The molecule has 1 aliphatic rings. The van der Waals surface area contributed by atoms with Crippen molar-refractivity contribution in [1.82, 2.24) is 4.90 Å². The molecular formula is C27H29ClN2S. The molecule has 0 fully saturated rings. The number of nitrogens with zero attached hydrogens (tertiary/aromatic N) is 2. The van der Waals surface area contributed by atoms with Crippen LogP contribution in [0.1, 0.15) is 36.6 Å². The van der Waals surface area contributed by atoms with Crippen LogP contribution in [0.3, 0.4) is 0 Å². The maximum atomic E-state index is 6.23. The van der Waals surface area contributed by atoms with E-state index in [2.05, 4.69) is 85.5 Å². The summed E-state index contributed by atoms with van der Waals surface area (Å²) in [5.74, 6) is 0.293. The maximum Gasteiger partial charge on any atom is 0.0769 e. The number of benzene rings is 3. The highest BCUT2D eigenvalue weighted by Gasteiger charge is 2.32. The molecular weight excluding hydrogens is 420 g/mol. The predicted octanol–water partition coefficient (Wildman–Crippen LogP) is 7.66. The Labute approximate surface area is 195 Å². The zero-order valence-electron chi connectivity index (χ0n) is 18.2. The van der Waals surface area contributed by atoms with Gasteiger partial charge in [0.1, 0.15) is 0 Å². The fourth-order valence-corrected chi connectivity index (χ4v) is 5.73. The molecule has 0 spiro atoms. The van der Waals surface area contributed by atoms with Crippen LogP contribution in [0.4, 0.5) is 5.69 Å². The van der Waals surface area contributed by atoms with Crippen LogP contribution in [-0.4, -0.2) is 30.2 Å². The molecule has 0 N–H and O–H groups in total. The molecule has 2 unspecified atom stereocenters. The summed E-state index contributed by atoms with van der Waals surface area (Å²) in [6.07, 6.45) is 1.06. The lowest BCUT2D eigenvalue weighted by Gasteiger charge is -2.29. The van der Waals surface area contributed by atoms with Crippen molar-refractivity contribution >= 4 is 34.8 Å². The molecule has 4 heteroatoms. The second-order valence-corrected chi connectivity index (χ2v) is 9.46. The van der Waals surface area contributed by atoms with Gasteiger partial charge in [0.05, 0.1) is 11.4 Å². The Kier molecular flexibility index (Phi) is 7.49. The van der Waals surface area contributed by atoms with Gasteiger partial charge < -0.3 is 4.90 Å². The van der Waals surface area contributed by atoms with Crippen LogP contribution in [0.15, 0.2) is 88.8 Å².